The molecule has 0 radical (unpaired) electrons. The Bertz CT molecular complexity index is 464. The van der Waals surface area contributed by atoms with Gasteiger partial charge in [-0.3, -0.25) is 10.1 Å². The third kappa shape index (κ3) is 3.67. The molecule has 1 amide bonds. The minimum atomic E-state index is -0.0212. The number of thiophene rings is 1. The summed E-state index contributed by atoms with van der Waals surface area (Å²) in [5.74, 6) is 0.730. The maximum absolute atomic E-state index is 12.7. The van der Waals surface area contributed by atoms with E-state index in [1.54, 1.807) is 11.3 Å². The van der Waals surface area contributed by atoms with Crippen molar-refractivity contribution in [3.05, 3.63) is 22.4 Å². The van der Waals surface area contributed by atoms with Gasteiger partial charge >= 0.3 is 0 Å². The highest BCUT2D eigenvalue weighted by atomic mass is 32.1. The summed E-state index contributed by atoms with van der Waals surface area (Å²) < 4.78 is 0. The Morgan fingerprint density at radius 1 is 1.43 bits per heavy atom. The third-order valence-electron chi connectivity index (χ3n) is 4.64. The summed E-state index contributed by atoms with van der Waals surface area (Å²) in [5.41, 5.74) is 1.43. The zero-order valence-electron chi connectivity index (χ0n) is 13.8. The van der Waals surface area contributed by atoms with Gasteiger partial charge in [0.05, 0.1) is 6.04 Å². The van der Waals surface area contributed by atoms with E-state index in [0.717, 1.165) is 19.4 Å². The number of amides is 1. The van der Waals surface area contributed by atoms with Crippen molar-refractivity contribution in [2.45, 2.75) is 59.7 Å². The van der Waals surface area contributed by atoms with E-state index in [1.165, 1.54) is 5.56 Å². The van der Waals surface area contributed by atoms with E-state index in [2.05, 4.69) is 61.7 Å². The number of nitrogens with one attached hydrogen (secondary N) is 1. The normalized spacial score (nSPS) is 24.6. The molecule has 0 spiro atoms. The van der Waals surface area contributed by atoms with Crippen molar-refractivity contribution in [3.63, 3.8) is 0 Å². The lowest BCUT2D eigenvalue weighted by Gasteiger charge is -2.33. The van der Waals surface area contributed by atoms with Crippen molar-refractivity contribution < 1.29 is 4.79 Å². The molecule has 118 valence electrons. The molecule has 1 N–H and O–H groups in total. The number of carbonyl (C=O) groups excluding carboxylic acids is 1. The molecule has 3 unspecified atom stereocenters. The molecular weight excluding hydrogens is 280 g/mol. The molecule has 3 atom stereocenters. The van der Waals surface area contributed by atoms with Gasteiger partial charge in [0, 0.05) is 6.54 Å². The number of rotatable bonds is 5. The Balaban J connectivity index is 2.19. The lowest BCUT2D eigenvalue weighted by molar-refractivity contribution is -0.131. The minimum absolute atomic E-state index is 0.0212. The summed E-state index contributed by atoms with van der Waals surface area (Å²) in [7, 11) is 0. The molecule has 0 aliphatic carbocycles. The zero-order chi connectivity index (χ0) is 15.6. The van der Waals surface area contributed by atoms with Crippen molar-refractivity contribution in [1.82, 2.24) is 10.2 Å². The summed E-state index contributed by atoms with van der Waals surface area (Å²) in [6, 6.07) is 2.10. The van der Waals surface area contributed by atoms with Gasteiger partial charge in [-0.2, -0.15) is 11.3 Å². The van der Waals surface area contributed by atoms with Crippen molar-refractivity contribution in [2.24, 2.45) is 11.3 Å². The third-order valence-corrected chi connectivity index (χ3v) is 5.34. The van der Waals surface area contributed by atoms with Crippen LogP contribution in [0.25, 0.3) is 0 Å². The lowest BCUT2D eigenvalue weighted by atomic mass is 9.81. The van der Waals surface area contributed by atoms with E-state index >= 15 is 0 Å². The van der Waals surface area contributed by atoms with Crippen molar-refractivity contribution in [3.8, 4) is 0 Å². The van der Waals surface area contributed by atoms with Gasteiger partial charge in [0.1, 0.15) is 6.17 Å². The molecule has 1 saturated heterocycles. The summed E-state index contributed by atoms with van der Waals surface area (Å²) in [4.78, 5) is 14.8. The first-order valence-corrected chi connectivity index (χ1v) is 8.87. The van der Waals surface area contributed by atoms with Crippen LogP contribution in [0.3, 0.4) is 0 Å². The van der Waals surface area contributed by atoms with Crippen LogP contribution in [0.2, 0.25) is 0 Å². The lowest BCUT2D eigenvalue weighted by Crippen LogP contribution is -2.38. The van der Waals surface area contributed by atoms with Crippen LogP contribution in [0, 0.1) is 11.3 Å². The van der Waals surface area contributed by atoms with E-state index in [0.29, 0.717) is 5.92 Å². The molecule has 1 fully saturated rings. The molecule has 4 heteroatoms. The Morgan fingerprint density at radius 3 is 2.67 bits per heavy atom. The maximum atomic E-state index is 12.7. The Labute approximate surface area is 132 Å². The number of carbonyl (C=O) groups is 1. The fourth-order valence-electron chi connectivity index (χ4n) is 2.65. The fourth-order valence-corrected chi connectivity index (χ4v) is 3.32. The van der Waals surface area contributed by atoms with Crippen LogP contribution in [-0.2, 0) is 4.79 Å². The Kier molecular flexibility index (Phi) is 5.10. The molecule has 0 aromatic carbocycles. The van der Waals surface area contributed by atoms with Gasteiger partial charge in [-0.05, 0) is 40.1 Å². The van der Waals surface area contributed by atoms with Gasteiger partial charge < -0.3 is 4.90 Å². The molecule has 1 aromatic heterocycles. The Hall–Kier alpha value is -0.870. The highest BCUT2D eigenvalue weighted by Crippen LogP contribution is 2.33. The molecule has 2 heterocycles. The predicted octanol–water partition coefficient (Wildman–Crippen LogP) is 4.03. The zero-order valence-corrected chi connectivity index (χ0v) is 14.7. The average molecular weight is 308 g/mol. The van der Waals surface area contributed by atoms with E-state index < -0.39 is 0 Å². The van der Waals surface area contributed by atoms with Crippen molar-refractivity contribution in [1.29, 1.82) is 0 Å². The van der Waals surface area contributed by atoms with Crippen LogP contribution < -0.4 is 5.32 Å². The van der Waals surface area contributed by atoms with Gasteiger partial charge in [0.2, 0.25) is 5.91 Å². The first-order chi connectivity index (χ1) is 9.84. The fraction of sp³-hybridized carbons (Fsp3) is 0.706. The maximum Gasteiger partial charge on any atom is 0.241 e. The average Bonchev–Trinajstić information content (AvgIpc) is 3.01. The van der Waals surface area contributed by atoms with Crippen molar-refractivity contribution in [2.75, 3.05) is 6.54 Å². The molecule has 1 aromatic rings. The molecule has 2 rings (SSSR count). The topological polar surface area (TPSA) is 32.3 Å². The second kappa shape index (κ2) is 6.49. The van der Waals surface area contributed by atoms with Gasteiger partial charge in [0.25, 0.3) is 0 Å². The summed E-state index contributed by atoms with van der Waals surface area (Å²) in [6.07, 6.45) is 1.99. The van der Waals surface area contributed by atoms with Gasteiger partial charge in [0.15, 0.2) is 0 Å². The predicted molar refractivity (Wildman–Crippen MR) is 89.2 cm³/mol. The van der Waals surface area contributed by atoms with Crippen LogP contribution in [0.4, 0.5) is 0 Å². The van der Waals surface area contributed by atoms with Crippen LogP contribution in [0.5, 0.6) is 0 Å². The highest BCUT2D eigenvalue weighted by Gasteiger charge is 2.40. The molecule has 1 aliphatic rings. The van der Waals surface area contributed by atoms with Gasteiger partial charge in [-0.15, -0.1) is 0 Å². The standard InChI is InChI=1S/C17H28N2OS/c1-6-7-14-16(20)19(10-12(2)17(3,4)5)15(18-14)13-8-9-21-11-13/h8-9,11-12,14-15,18H,6-7,10H2,1-5H3. The number of hydrogen-bond acceptors (Lipinski definition) is 3. The van der Waals surface area contributed by atoms with Crippen LogP contribution in [0.15, 0.2) is 16.8 Å². The molecule has 21 heavy (non-hydrogen) atoms. The molecule has 1 aliphatic heterocycles. The van der Waals surface area contributed by atoms with E-state index in [1.807, 2.05) is 0 Å². The number of nitrogens with zero attached hydrogens (tertiary/aromatic N) is 1. The second-order valence-electron chi connectivity index (χ2n) is 7.22. The first kappa shape index (κ1) is 16.5. The van der Waals surface area contributed by atoms with E-state index in [4.69, 9.17) is 0 Å². The Morgan fingerprint density at radius 2 is 2.14 bits per heavy atom. The minimum Gasteiger partial charge on any atom is -0.321 e. The largest absolute Gasteiger partial charge is 0.321 e. The molecule has 3 nitrogen and oxygen atoms in total. The van der Waals surface area contributed by atoms with Gasteiger partial charge in [-0.25, -0.2) is 0 Å². The summed E-state index contributed by atoms with van der Waals surface area (Å²) in [6.45, 7) is 11.9. The second-order valence-corrected chi connectivity index (χ2v) is 8.00. The summed E-state index contributed by atoms with van der Waals surface area (Å²) >= 11 is 1.69. The SMILES string of the molecule is CCCC1NC(c2ccsc2)N(CC(C)C(C)(C)C)C1=O. The molecular formula is C17H28N2OS. The molecule has 0 saturated carbocycles. The van der Waals surface area contributed by atoms with E-state index in [9.17, 15) is 4.79 Å². The molecule has 0 bridgehead atoms. The van der Waals surface area contributed by atoms with Crippen LogP contribution in [0.1, 0.15) is 59.2 Å². The van der Waals surface area contributed by atoms with E-state index in [-0.39, 0.29) is 23.5 Å². The summed E-state index contributed by atoms with van der Waals surface area (Å²) in [5, 5.41) is 7.76. The van der Waals surface area contributed by atoms with Crippen LogP contribution in [-0.4, -0.2) is 23.4 Å². The van der Waals surface area contributed by atoms with Crippen molar-refractivity contribution >= 4 is 17.2 Å². The number of hydrogen-bond donors (Lipinski definition) is 1. The van der Waals surface area contributed by atoms with Gasteiger partial charge in [-0.1, -0.05) is 41.0 Å². The van der Waals surface area contributed by atoms with Crippen LogP contribution >= 0.6 is 11.3 Å². The first-order valence-electron chi connectivity index (χ1n) is 7.93. The monoisotopic (exact) mass is 308 g/mol. The quantitative estimate of drug-likeness (QED) is 0.890. The smallest absolute Gasteiger partial charge is 0.241 e. The highest BCUT2D eigenvalue weighted by molar-refractivity contribution is 7.07.